The minimum absolute atomic E-state index is 0.164. The molecule has 0 radical (unpaired) electrons. The molecule has 1 aromatic carbocycles. The maximum absolute atomic E-state index is 10.9. The van der Waals surface area contributed by atoms with E-state index in [1.54, 1.807) is 18.3 Å². The fraction of sp³-hybridized carbons (Fsp3) is 0.118. The lowest BCUT2D eigenvalue weighted by atomic mass is 10.1. The van der Waals surface area contributed by atoms with Crippen LogP contribution in [0.1, 0.15) is 23.6 Å². The fourth-order valence-corrected chi connectivity index (χ4v) is 1.77. The summed E-state index contributed by atoms with van der Waals surface area (Å²) in [5, 5.41) is 2.59. The number of carbonyl (C=O) groups excluding carboxylic acids is 2. The summed E-state index contributed by atoms with van der Waals surface area (Å²) in [6.45, 7) is 1.43. The van der Waals surface area contributed by atoms with Crippen molar-refractivity contribution in [2.24, 2.45) is 5.73 Å². The molecule has 2 rings (SSSR count). The smallest absolute Gasteiger partial charge is 0.222 e. The van der Waals surface area contributed by atoms with Crippen molar-refractivity contribution in [2.45, 2.75) is 13.3 Å². The summed E-state index contributed by atoms with van der Waals surface area (Å²) in [4.78, 5) is 25.8. The van der Waals surface area contributed by atoms with Crippen molar-refractivity contribution >= 4 is 17.6 Å². The molecule has 5 heteroatoms. The predicted octanol–water partition coefficient (Wildman–Crippen LogP) is 1.47. The molecule has 0 atom stereocenters. The Kier molecular flexibility index (Phi) is 4.89. The molecule has 0 saturated carbocycles. The van der Waals surface area contributed by atoms with Gasteiger partial charge in [-0.25, -0.2) is 4.98 Å². The molecule has 0 fully saturated rings. The second-order valence-electron chi connectivity index (χ2n) is 4.70. The Hall–Kier alpha value is -3.13. The van der Waals surface area contributed by atoms with Crippen molar-refractivity contribution in [3.05, 3.63) is 59.3 Å². The first kappa shape index (κ1) is 15.3. The van der Waals surface area contributed by atoms with Crippen LogP contribution in [0.25, 0.3) is 0 Å². The van der Waals surface area contributed by atoms with E-state index in [1.165, 1.54) is 6.92 Å². The van der Waals surface area contributed by atoms with Crippen LogP contribution in [0.4, 0.5) is 5.82 Å². The van der Waals surface area contributed by atoms with E-state index in [0.29, 0.717) is 5.82 Å². The second-order valence-corrected chi connectivity index (χ2v) is 4.70. The number of amides is 2. The maximum Gasteiger partial charge on any atom is 0.222 e. The topological polar surface area (TPSA) is 85.1 Å². The SMILES string of the molecule is CC(=O)Nc1ccc(C#Cc2ccc(CC(N)=O)cc2)cn1. The highest BCUT2D eigenvalue weighted by molar-refractivity contribution is 5.87. The Bertz CT molecular complexity index is 675. The van der Waals surface area contributed by atoms with Crippen LogP contribution in [0.3, 0.4) is 0 Å². The summed E-state index contributed by atoms with van der Waals surface area (Å²) in [7, 11) is 0. The van der Waals surface area contributed by atoms with E-state index in [4.69, 9.17) is 5.73 Å². The van der Waals surface area contributed by atoms with Crippen LogP contribution in [-0.2, 0) is 16.0 Å². The number of pyridine rings is 1. The number of nitrogens with zero attached hydrogens (tertiary/aromatic N) is 1. The van der Waals surface area contributed by atoms with E-state index in [-0.39, 0.29) is 18.2 Å². The van der Waals surface area contributed by atoms with Gasteiger partial charge in [0.15, 0.2) is 0 Å². The Morgan fingerprint density at radius 3 is 2.27 bits per heavy atom. The van der Waals surface area contributed by atoms with Crippen molar-refractivity contribution in [1.29, 1.82) is 0 Å². The molecule has 5 nitrogen and oxygen atoms in total. The van der Waals surface area contributed by atoms with E-state index < -0.39 is 0 Å². The molecule has 0 saturated heterocycles. The summed E-state index contributed by atoms with van der Waals surface area (Å²) < 4.78 is 0. The van der Waals surface area contributed by atoms with Gasteiger partial charge in [-0.05, 0) is 29.8 Å². The lowest BCUT2D eigenvalue weighted by Crippen LogP contribution is -2.13. The van der Waals surface area contributed by atoms with Crippen molar-refractivity contribution in [2.75, 3.05) is 5.32 Å². The summed E-state index contributed by atoms with van der Waals surface area (Å²) >= 11 is 0. The molecule has 0 aliphatic carbocycles. The lowest BCUT2D eigenvalue weighted by Gasteiger charge is -1.99. The molecule has 0 unspecified atom stereocenters. The average molecular weight is 293 g/mol. The summed E-state index contributed by atoms with van der Waals surface area (Å²) in [5.74, 6) is 5.97. The number of hydrogen-bond donors (Lipinski definition) is 2. The van der Waals surface area contributed by atoms with Crippen LogP contribution in [-0.4, -0.2) is 16.8 Å². The number of rotatable bonds is 3. The van der Waals surface area contributed by atoms with Gasteiger partial charge in [-0.3, -0.25) is 9.59 Å². The van der Waals surface area contributed by atoms with Gasteiger partial charge < -0.3 is 11.1 Å². The number of aromatic nitrogens is 1. The first-order valence-corrected chi connectivity index (χ1v) is 6.66. The zero-order valence-electron chi connectivity index (χ0n) is 12.1. The molecule has 1 aromatic heterocycles. The van der Waals surface area contributed by atoms with E-state index >= 15 is 0 Å². The highest BCUT2D eigenvalue weighted by Crippen LogP contribution is 2.06. The van der Waals surface area contributed by atoms with Crippen molar-refractivity contribution < 1.29 is 9.59 Å². The highest BCUT2D eigenvalue weighted by Gasteiger charge is 1.98. The monoisotopic (exact) mass is 293 g/mol. The van der Waals surface area contributed by atoms with Crippen LogP contribution in [0.15, 0.2) is 42.6 Å². The molecule has 0 aliphatic rings. The third-order valence-corrected chi connectivity index (χ3v) is 2.75. The van der Waals surface area contributed by atoms with Crippen LogP contribution >= 0.6 is 0 Å². The van der Waals surface area contributed by atoms with E-state index in [0.717, 1.165) is 16.7 Å². The predicted molar refractivity (Wildman–Crippen MR) is 83.9 cm³/mol. The lowest BCUT2D eigenvalue weighted by molar-refractivity contribution is -0.117. The second kappa shape index (κ2) is 7.04. The highest BCUT2D eigenvalue weighted by atomic mass is 16.1. The van der Waals surface area contributed by atoms with Crippen molar-refractivity contribution in [3.63, 3.8) is 0 Å². The van der Waals surface area contributed by atoms with Crippen LogP contribution < -0.4 is 11.1 Å². The van der Waals surface area contributed by atoms with Crippen LogP contribution in [0.2, 0.25) is 0 Å². The first-order valence-electron chi connectivity index (χ1n) is 6.66. The van der Waals surface area contributed by atoms with Crippen molar-refractivity contribution in [1.82, 2.24) is 4.98 Å². The van der Waals surface area contributed by atoms with E-state index in [9.17, 15) is 9.59 Å². The molecular formula is C17H15N3O2. The van der Waals surface area contributed by atoms with Gasteiger partial charge in [0.2, 0.25) is 11.8 Å². The molecule has 0 bridgehead atoms. The standard InChI is InChI=1S/C17H15N3O2/c1-12(21)20-17-9-8-15(11-19-17)7-4-13-2-5-14(6-3-13)10-16(18)22/h2-3,5-6,8-9,11H,10H2,1H3,(H2,18,22)(H,19,20,21). The molecule has 0 aliphatic heterocycles. The van der Waals surface area contributed by atoms with Gasteiger partial charge in [0.05, 0.1) is 6.42 Å². The molecule has 3 N–H and O–H groups in total. The first-order chi connectivity index (χ1) is 10.5. The molecule has 1 heterocycles. The molecule has 2 aromatic rings. The number of anilines is 1. The van der Waals surface area contributed by atoms with Gasteiger partial charge >= 0.3 is 0 Å². The normalized spacial score (nSPS) is 9.50. The summed E-state index contributed by atoms with van der Waals surface area (Å²) in [5.41, 5.74) is 7.58. The molecule has 22 heavy (non-hydrogen) atoms. The zero-order chi connectivity index (χ0) is 15.9. The van der Waals surface area contributed by atoms with Crippen molar-refractivity contribution in [3.8, 4) is 11.8 Å². The number of hydrogen-bond acceptors (Lipinski definition) is 3. The summed E-state index contributed by atoms with van der Waals surface area (Å²) in [6, 6.07) is 10.8. The minimum Gasteiger partial charge on any atom is -0.369 e. The maximum atomic E-state index is 10.9. The third-order valence-electron chi connectivity index (χ3n) is 2.75. The van der Waals surface area contributed by atoms with Gasteiger partial charge in [-0.1, -0.05) is 24.0 Å². The number of nitrogens with two attached hydrogens (primary N) is 1. The number of primary amides is 1. The van der Waals surface area contributed by atoms with Gasteiger partial charge in [-0.15, -0.1) is 0 Å². The quantitative estimate of drug-likeness (QED) is 0.840. The molecule has 0 spiro atoms. The van der Waals surface area contributed by atoms with Gasteiger partial charge in [0.1, 0.15) is 5.82 Å². The van der Waals surface area contributed by atoms with E-state index in [2.05, 4.69) is 22.1 Å². The molecule has 2 amide bonds. The number of carbonyl (C=O) groups is 2. The van der Waals surface area contributed by atoms with Crippen LogP contribution in [0, 0.1) is 11.8 Å². The third kappa shape index (κ3) is 4.76. The average Bonchev–Trinajstić information content (AvgIpc) is 2.47. The zero-order valence-corrected chi connectivity index (χ0v) is 12.1. The Morgan fingerprint density at radius 2 is 1.73 bits per heavy atom. The van der Waals surface area contributed by atoms with Gasteiger partial charge in [0.25, 0.3) is 0 Å². The number of nitrogens with one attached hydrogen (secondary N) is 1. The van der Waals surface area contributed by atoms with Gasteiger partial charge in [0, 0.05) is 24.2 Å². The summed E-state index contributed by atoms with van der Waals surface area (Å²) in [6.07, 6.45) is 1.82. The Labute approximate surface area is 128 Å². The van der Waals surface area contributed by atoms with E-state index in [1.807, 2.05) is 24.3 Å². The largest absolute Gasteiger partial charge is 0.369 e. The van der Waals surface area contributed by atoms with Crippen LogP contribution in [0.5, 0.6) is 0 Å². The Balaban J connectivity index is 2.06. The van der Waals surface area contributed by atoms with Gasteiger partial charge in [-0.2, -0.15) is 0 Å². The Morgan fingerprint density at radius 1 is 1.09 bits per heavy atom. The fourth-order valence-electron chi connectivity index (χ4n) is 1.77. The molecular weight excluding hydrogens is 278 g/mol. The minimum atomic E-state index is -0.357. The number of benzene rings is 1. The molecule has 110 valence electrons.